The number of Topliss-reactive ketones (excluding diaryl/α,β-unsaturated/α-hetero) is 1. The van der Waals surface area contributed by atoms with Crippen molar-refractivity contribution >= 4 is 17.7 Å². The molecule has 0 fully saturated rings. The Morgan fingerprint density at radius 3 is 2.28 bits per heavy atom. The van der Waals surface area contributed by atoms with Gasteiger partial charge in [-0.05, 0) is 0 Å². The SMILES string of the molecule is COC(=O)/C=C/C(=O)OCC(=O)c1ccccc1. The molecule has 0 atom stereocenters. The van der Waals surface area contributed by atoms with Crippen molar-refractivity contribution in [2.45, 2.75) is 0 Å². The standard InChI is InChI=1S/C13H12O5/c1-17-12(15)7-8-13(16)18-9-11(14)10-5-3-2-4-6-10/h2-8H,9H2,1H3/b8-7+. The summed E-state index contributed by atoms with van der Waals surface area (Å²) in [7, 11) is 1.19. The van der Waals surface area contributed by atoms with E-state index in [-0.39, 0.29) is 12.4 Å². The van der Waals surface area contributed by atoms with Crippen LogP contribution in [0.5, 0.6) is 0 Å². The van der Waals surface area contributed by atoms with E-state index >= 15 is 0 Å². The van der Waals surface area contributed by atoms with Crippen molar-refractivity contribution in [1.82, 2.24) is 0 Å². The second kappa shape index (κ2) is 7.01. The topological polar surface area (TPSA) is 69.7 Å². The zero-order valence-electron chi connectivity index (χ0n) is 9.79. The third-order valence-corrected chi connectivity index (χ3v) is 2.00. The summed E-state index contributed by atoms with van der Waals surface area (Å²) in [5.41, 5.74) is 0.460. The molecule has 0 radical (unpaired) electrons. The Kier molecular flexibility index (Phi) is 5.31. The van der Waals surface area contributed by atoms with Crippen LogP contribution in [0.1, 0.15) is 10.4 Å². The highest BCUT2D eigenvalue weighted by Gasteiger charge is 2.07. The molecular weight excluding hydrogens is 236 g/mol. The molecule has 0 amide bonds. The molecule has 0 saturated heterocycles. The second-order valence-corrected chi connectivity index (χ2v) is 3.25. The summed E-state index contributed by atoms with van der Waals surface area (Å²) in [6, 6.07) is 8.46. The Labute approximate surface area is 104 Å². The fourth-order valence-corrected chi connectivity index (χ4v) is 1.10. The molecule has 5 nitrogen and oxygen atoms in total. The third-order valence-electron chi connectivity index (χ3n) is 2.00. The van der Waals surface area contributed by atoms with Gasteiger partial charge in [0, 0.05) is 17.7 Å². The summed E-state index contributed by atoms with van der Waals surface area (Å²) >= 11 is 0. The number of hydrogen-bond donors (Lipinski definition) is 0. The van der Waals surface area contributed by atoms with Gasteiger partial charge in [0.25, 0.3) is 0 Å². The maximum Gasteiger partial charge on any atom is 0.331 e. The first-order valence-corrected chi connectivity index (χ1v) is 5.14. The van der Waals surface area contributed by atoms with Gasteiger partial charge in [0.15, 0.2) is 12.4 Å². The monoisotopic (exact) mass is 248 g/mol. The molecule has 0 spiro atoms. The molecule has 1 aromatic carbocycles. The zero-order chi connectivity index (χ0) is 13.4. The number of hydrogen-bond acceptors (Lipinski definition) is 5. The maximum absolute atomic E-state index is 11.6. The van der Waals surface area contributed by atoms with E-state index < -0.39 is 11.9 Å². The average molecular weight is 248 g/mol. The highest BCUT2D eigenvalue weighted by atomic mass is 16.5. The number of benzene rings is 1. The minimum atomic E-state index is -0.773. The lowest BCUT2D eigenvalue weighted by Gasteiger charge is -2.01. The number of methoxy groups -OCH3 is 1. The van der Waals surface area contributed by atoms with Gasteiger partial charge in [-0.15, -0.1) is 0 Å². The van der Waals surface area contributed by atoms with E-state index in [4.69, 9.17) is 0 Å². The number of carbonyl (C=O) groups excluding carboxylic acids is 3. The van der Waals surface area contributed by atoms with Crippen LogP contribution in [0.25, 0.3) is 0 Å². The molecular formula is C13H12O5. The van der Waals surface area contributed by atoms with Crippen molar-refractivity contribution in [3.05, 3.63) is 48.0 Å². The summed E-state index contributed by atoms with van der Waals surface area (Å²) in [5.74, 6) is -1.75. The zero-order valence-corrected chi connectivity index (χ0v) is 9.79. The molecule has 94 valence electrons. The summed E-state index contributed by atoms with van der Waals surface area (Å²) in [4.78, 5) is 33.4. The van der Waals surface area contributed by atoms with Crippen molar-refractivity contribution in [2.75, 3.05) is 13.7 Å². The Morgan fingerprint density at radius 2 is 1.67 bits per heavy atom. The van der Waals surface area contributed by atoms with Crippen LogP contribution < -0.4 is 0 Å². The first kappa shape index (κ1) is 13.6. The van der Waals surface area contributed by atoms with E-state index in [2.05, 4.69) is 9.47 Å². The third kappa shape index (κ3) is 4.61. The highest BCUT2D eigenvalue weighted by Crippen LogP contribution is 2.00. The van der Waals surface area contributed by atoms with Crippen LogP contribution in [0.3, 0.4) is 0 Å². The van der Waals surface area contributed by atoms with Gasteiger partial charge in [-0.25, -0.2) is 9.59 Å². The molecule has 0 saturated carbocycles. The normalized spacial score (nSPS) is 10.1. The predicted molar refractivity (Wildman–Crippen MR) is 62.9 cm³/mol. The van der Waals surface area contributed by atoms with Crippen LogP contribution in [0.2, 0.25) is 0 Å². The molecule has 1 aromatic rings. The first-order chi connectivity index (χ1) is 8.63. The molecule has 0 aromatic heterocycles. The average Bonchev–Trinajstić information content (AvgIpc) is 2.42. The summed E-state index contributed by atoms with van der Waals surface area (Å²) in [6.45, 7) is -0.367. The smallest absolute Gasteiger partial charge is 0.331 e. The number of rotatable bonds is 5. The van der Waals surface area contributed by atoms with Crippen LogP contribution in [-0.2, 0) is 19.1 Å². The van der Waals surface area contributed by atoms with Crippen molar-refractivity contribution in [3.63, 3.8) is 0 Å². The van der Waals surface area contributed by atoms with E-state index in [0.29, 0.717) is 5.56 Å². The molecule has 18 heavy (non-hydrogen) atoms. The van der Waals surface area contributed by atoms with Gasteiger partial charge in [0.05, 0.1) is 7.11 Å². The molecule has 0 aliphatic rings. The van der Waals surface area contributed by atoms with Gasteiger partial charge in [0.2, 0.25) is 0 Å². The van der Waals surface area contributed by atoms with E-state index in [9.17, 15) is 14.4 Å². The van der Waals surface area contributed by atoms with Gasteiger partial charge in [-0.2, -0.15) is 0 Å². The minimum Gasteiger partial charge on any atom is -0.466 e. The van der Waals surface area contributed by atoms with Crippen molar-refractivity contribution < 1.29 is 23.9 Å². The molecule has 5 heteroatoms. The molecule has 0 N–H and O–H groups in total. The lowest BCUT2D eigenvalue weighted by molar-refractivity contribution is -0.138. The maximum atomic E-state index is 11.6. The van der Waals surface area contributed by atoms with Crippen molar-refractivity contribution in [1.29, 1.82) is 0 Å². The van der Waals surface area contributed by atoms with E-state index in [1.165, 1.54) is 7.11 Å². The fraction of sp³-hybridized carbons (Fsp3) is 0.154. The number of ether oxygens (including phenoxy) is 2. The van der Waals surface area contributed by atoms with E-state index in [1.54, 1.807) is 30.3 Å². The van der Waals surface area contributed by atoms with E-state index in [0.717, 1.165) is 12.2 Å². The lowest BCUT2D eigenvalue weighted by Crippen LogP contribution is -2.12. The summed E-state index contributed by atoms with van der Waals surface area (Å²) in [5, 5.41) is 0. The Bertz CT molecular complexity index is 462. The van der Waals surface area contributed by atoms with Gasteiger partial charge in [-0.3, -0.25) is 4.79 Å². The van der Waals surface area contributed by atoms with Gasteiger partial charge < -0.3 is 9.47 Å². The Morgan fingerprint density at radius 1 is 1.06 bits per heavy atom. The Hall–Kier alpha value is -2.43. The molecule has 0 bridgehead atoms. The van der Waals surface area contributed by atoms with Crippen LogP contribution in [0.15, 0.2) is 42.5 Å². The van der Waals surface area contributed by atoms with Crippen LogP contribution in [0.4, 0.5) is 0 Å². The second-order valence-electron chi connectivity index (χ2n) is 3.25. The Balaban J connectivity index is 2.42. The van der Waals surface area contributed by atoms with Gasteiger partial charge in [-0.1, -0.05) is 30.3 Å². The molecule has 1 rings (SSSR count). The van der Waals surface area contributed by atoms with Gasteiger partial charge in [0.1, 0.15) is 0 Å². The number of ketones is 1. The number of carbonyl (C=O) groups is 3. The quantitative estimate of drug-likeness (QED) is 0.444. The number of esters is 2. The fourth-order valence-electron chi connectivity index (χ4n) is 1.10. The van der Waals surface area contributed by atoms with Crippen LogP contribution in [-0.4, -0.2) is 31.4 Å². The molecule has 0 heterocycles. The molecule has 0 unspecified atom stereocenters. The largest absolute Gasteiger partial charge is 0.466 e. The highest BCUT2D eigenvalue weighted by molar-refractivity contribution is 5.99. The summed E-state index contributed by atoms with van der Waals surface area (Å²) in [6.07, 6.45) is 1.83. The van der Waals surface area contributed by atoms with Crippen LogP contribution >= 0.6 is 0 Å². The van der Waals surface area contributed by atoms with Gasteiger partial charge >= 0.3 is 11.9 Å². The predicted octanol–water partition coefficient (Wildman–Crippen LogP) is 1.14. The molecule has 0 aliphatic carbocycles. The summed E-state index contributed by atoms with van der Waals surface area (Å²) < 4.78 is 8.97. The van der Waals surface area contributed by atoms with Crippen molar-refractivity contribution in [2.24, 2.45) is 0 Å². The van der Waals surface area contributed by atoms with E-state index in [1.807, 2.05) is 0 Å². The first-order valence-electron chi connectivity index (χ1n) is 5.14. The van der Waals surface area contributed by atoms with Crippen LogP contribution in [0, 0.1) is 0 Å². The molecule has 0 aliphatic heterocycles. The minimum absolute atomic E-state index is 0.310. The lowest BCUT2D eigenvalue weighted by atomic mass is 10.1. The van der Waals surface area contributed by atoms with Crippen molar-refractivity contribution in [3.8, 4) is 0 Å².